The van der Waals surface area contributed by atoms with E-state index in [0.717, 1.165) is 53.8 Å². The summed E-state index contributed by atoms with van der Waals surface area (Å²) in [6.45, 7) is 0.768. The highest BCUT2D eigenvalue weighted by atomic mass is 32.1. The van der Waals surface area contributed by atoms with Crippen LogP contribution in [-0.4, -0.2) is 24.7 Å². The number of ether oxygens (including phenoxy) is 1. The molecule has 28 heavy (non-hydrogen) atoms. The maximum absolute atomic E-state index is 11.0. The van der Waals surface area contributed by atoms with Crippen molar-refractivity contribution in [3.05, 3.63) is 54.6 Å². The first kappa shape index (κ1) is 19.9. The molecular weight excluding hydrogens is 372 g/mol. The summed E-state index contributed by atoms with van der Waals surface area (Å²) in [4.78, 5) is 11.0. The SMILES string of the molecule is COC(=O)CCCCCNC(=S)Nc1ccc(-c2cc3ccccc3o2)cc1. The van der Waals surface area contributed by atoms with Crippen LogP contribution in [0.2, 0.25) is 0 Å². The van der Waals surface area contributed by atoms with Crippen LogP contribution in [-0.2, 0) is 9.53 Å². The van der Waals surface area contributed by atoms with E-state index < -0.39 is 0 Å². The van der Waals surface area contributed by atoms with E-state index in [2.05, 4.69) is 15.4 Å². The van der Waals surface area contributed by atoms with Crippen LogP contribution in [0.15, 0.2) is 59.0 Å². The molecule has 0 aliphatic heterocycles. The second-order valence-electron chi connectivity index (χ2n) is 6.49. The summed E-state index contributed by atoms with van der Waals surface area (Å²) in [6, 6.07) is 18.0. The van der Waals surface area contributed by atoms with Crippen LogP contribution in [0, 0.1) is 0 Å². The van der Waals surface area contributed by atoms with Gasteiger partial charge in [0.15, 0.2) is 5.11 Å². The molecule has 0 aliphatic rings. The lowest BCUT2D eigenvalue weighted by Crippen LogP contribution is -2.29. The first-order valence-corrected chi connectivity index (χ1v) is 9.77. The van der Waals surface area contributed by atoms with Gasteiger partial charge >= 0.3 is 5.97 Å². The summed E-state index contributed by atoms with van der Waals surface area (Å²) in [5, 5.41) is 8.05. The minimum atomic E-state index is -0.156. The molecule has 0 bridgehead atoms. The van der Waals surface area contributed by atoms with E-state index in [-0.39, 0.29) is 5.97 Å². The number of hydrogen-bond donors (Lipinski definition) is 2. The average Bonchev–Trinajstić information content (AvgIpc) is 3.15. The number of anilines is 1. The van der Waals surface area contributed by atoms with E-state index in [9.17, 15) is 4.79 Å². The van der Waals surface area contributed by atoms with E-state index >= 15 is 0 Å². The van der Waals surface area contributed by atoms with Crippen molar-refractivity contribution in [3.63, 3.8) is 0 Å². The van der Waals surface area contributed by atoms with Crippen molar-refractivity contribution in [2.45, 2.75) is 25.7 Å². The number of para-hydroxylation sites is 1. The average molecular weight is 397 g/mol. The molecule has 3 rings (SSSR count). The van der Waals surface area contributed by atoms with Gasteiger partial charge in [0.2, 0.25) is 0 Å². The van der Waals surface area contributed by atoms with Crippen molar-refractivity contribution in [3.8, 4) is 11.3 Å². The first-order chi connectivity index (χ1) is 13.7. The lowest BCUT2D eigenvalue weighted by atomic mass is 10.1. The highest BCUT2D eigenvalue weighted by Gasteiger charge is 2.06. The number of nitrogens with one attached hydrogen (secondary N) is 2. The molecule has 0 spiro atoms. The Morgan fingerprint density at radius 2 is 1.86 bits per heavy atom. The summed E-state index contributed by atoms with van der Waals surface area (Å²) in [6.07, 6.45) is 3.20. The zero-order valence-electron chi connectivity index (χ0n) is 15.9. The molecule has 0 radical (unpaired) electrons. The number of rotatable bonds is 8. The highest BCUT2D eigenvalue weighted by Crippen LogP contribution is 2.28. The second-order valence-corrected chi connectivity index (χ2v) is 6.90. The fourth-order valence-corrected chi connectivity index (χ4v) is 3.11. The number of methoxy groups -OCH3 is 1. The number of hydrogen-bond acceptors (Lipinski definition) is 4. The van der Waals surface area contributed by atoms with Gasteiger partial charge in [-0.3, -0.25) is 4.79 Å². The fourth-order valence-electron chi connectivity index (χ4n) is 2.89. The minimum absolute atomic E-state index is 0.156. The van der Waals surface area contributed by atoms with Crippen molar-refractivity contribution >= 4 is 40.0 Å². The highest BCUT2D eigenvalue weighted by molar-refractivity contribution is 7.80. The number of furan rings is 1. The Hall–Kier alpha value is -2.86. The van der Waals surface area contributed by atoms with Gasteiger partial charge in [-0.05, 0) is 61.5 Å². The predicted molar refractivity (Wildman–Crippen MR) is 116 cm³/mol. The zero-order chi connectivity index (χ0) is 19.8. The third-order valence-corrected chi connectivity index (χ3v) is 4.67. The molecule has 3 aromatic rings. The minimum Gasteiger partial charge on any atom is -0.469 e. The van der Waals surface area contributed by atoms with E-state index in [1.807, 2.05) is 54.6 Å². The van der Waals surface area contributed by atoms with Crippen LogP contribution in [0.25, 0.3) is 22.3 Å². The molecule has 0 unspecified atom stereocenters. The molecule has 0 amide bonds. The zero-order valence-corrected chi connectivity index (χ0v) is 16.7. The number of carbonyl (C=O) groups is 1. The van der Waals surface area contributed by atoms with Crippen LogP contribution < -0.4 is 10.6 Å². The second kappa shape index (κ2) is 9.90. The van der Waals surface area contributed by atoms with Gasteiger partial charge < -0.3 is 19.8 Å². The Morgan fingerprint density at radius 3 is 2.61 bits per heavy atom. The Kier molecular flexibility index (Phi) is 7.03. The van der Waals surface area contributed by atoms with Gasteiger partial charge in [0.1, 0.15) is 11.3 Å². The molecule has 5 nitrogen and oxygen atoms in total. The van der Waals surface area contributed by atoms with Crippen LogP contribution in [0.4, 0.5) is 5.69 Å². The summed E-state index contributed by atoms with van der Waals surface area (Å²) >= 11 is 5.33. The molecule has 146 valence electrons. The van der Waals surface area contributed by atoms with Gasteiger partial charge in [-0.15, -0.1) is 0 Å². The lowest BCUT2D eigenvalue weighted by Gasteiger charge is -2.10. The number of benzene rings is 2. The number of unbranched alkanes of at least 4 members (excludes halogenated alkanes) is 2. The van der Waals surface area contributed by atoms with E-state index in [0.29, 0.717) is 11.5 Å². The maximum Gasteiger partial charge on any atom is 0.305 e. The predicted octanol–water partition coefficient (Wildman–Crippen LogP) is 5.12. The largest absolute Gasteiger partial charge is 0.469 e. The summed E-state index contributed by atoms with van der Waals surface area (Å²) in [5.41, 5.74) is 2.82. The van der Waals surface area contributed by atoms with Gasteiger partial charge in [-0.2, -0.15) is 0 Å². The molecule has 6 heteroatoms. The molecule has 0 fully saturated rings. The third kappa shape index (κ3) is 5.57. The number of esters is 1. The summed E-state index contributed by atoms with van der Waals surface area (Å²) in [5.74, 6) is 0.691. The van der Waals surface area contributed by atoms with E-state index in [1.54, 1.807) is 0 Å². The van der Waals surface area contributed by atoms with Crippen molar-refractivity contribution in [1.29, 1.82) is 0 Å². The van der Waals surface area contributed by atoms with E-state index in [1.165, 1.54) is 7.11 Å². The fraction of sp³-hybridized carbons (Fsp3) is 0.273. The molecule has 1 heterocycles. The normalized spacial score (nSPS) is 10.6. The summed E-state index contributed by atoms with van der Waals surface area (Å²) in [7, 11) is 1.41. The van der Waals surface area contributed by atoms with Crippen LogP contribution in [0.3, 0.4) is 0 Å². The smallest absolute Gasteiger partial charge is 0.305 e. The van der Waals surface area contributed by atoms with Crippen molar-refractivity contribution < 1.29 is 13.9 Å². The third-order valence-electron chi connectivity index (χ3n) is 4.42. The standard InChI is InChI=1S/C22H24N2O3S/c1-26-21(25)9-3-2-6-14-23-22(28)24-18-12-10-16(11-13-18)20-15-17-7-4-5-8-19(17)27-20/h4-5,7-8,10-13,15H,2-3,6,9,14H2,1H3,(H2,23,24,28). The molecule has 0 saturated carbocycles. The lowest BCUT2D eigenvalue weighted by molar-refractivity contribution is -0.140. The summed E-state index contributed by atoms with van der Waals surface area (Å²) < 4.78 is 10.5. The molecule has 0 saturated heterocycles. The monoisotopic (exact) mass is 396 g/mol. The Morgan fingerprint density at radius 1 is 1.07 bits per heavy atom. The number of carbonyl (C=O) groups excluding carboxylic acids is 1. The quantitative estimate of drug-likeness (QED) is 0.313. The van der Waals surface area contributed by atoms with Gasteiger partial charge in [0, 0.05) is 29.6 Å². The van der Waals surface area contributed by atoms with Gasteiger partial charge in [-0.25, -0.2) is 0 Å². The van der Waals surface area contributed by atoms with E-state index in [4.69, 9.17) is 16.6 Å². The maximum atomic E-state index is 11.0. The Balaban J connectivity index is 1.43. The molecule has 0 atom stereocenters. The van der Waals surface area contributed by atoms with Crippen LogP contribution >= 0.6 is 12.2 Å². The van der Waals surface area contributed by atoms with Gasteiger partial charge in [0.25, 0.3) is 0 Å². The Bertz CT molecular complexity index is 901. The molecule has 2 aromatic carbocycles. The van der Waals surface area contributed by atoms with Crippen molar-refractivity contribution in [1.82, 2.24) is 5.32 Å². The Labute approximate surface area is 170 Å². The number of thiocarbonyl (C=S) groups is 1. The topological polar surface area (TPSA) is 63.5 Å². The molecule has 0 aliphatic carbocycles. The van der Waals surface area contributed by atoms with Crippen molar-refractivity contribution in [2.24, 2.45) is 0 Å². The van der Waals surface area contributed by atoms with Crippen LogP contribution in [0.1, 0.15) is 25.7 Å². The molecular formula is C22H24N2O3S. The van der Waals surface area contributed by atoms with Crippen LogP contribution in [0.5, 0.6) is 0 Å². The molecule has 2 N–H and O–H groups in total. The molecule has 1 aromatic heterocycles. The van der Waals surface area contributed by atoms with Gasteiger partial charge in [-0.1, -0.05) is 24.6 Å². The van der Waals surface area contributed by atoms with Crippen molar-refractivity contribution in [2.75, 3.05) is 19.0 Å². The van der Waals surface area contributed by atoms with Gasteiger partial charge in [0.05, 0.1) is 7.11 Å². The number of fused-ring (bicyclic) bond motifs is 1. The first-order valence-electron chi connectivity index (χ1n) is 9.36.